The molecule has 0 aliphatic carbocycles. The zero-order valence-electron chi connectivity index (χ0n) is 7.98. The number of ketones is 1. The molecule has 2 rings (SSSR count). The lowest BCUT2D eigenvalue weighted by Crippen LogP contribution is -2.11. The lowest BCUT2D eigenvalue weighted by molar-refractivity contribution is 0.0929. The third kappa shape index (κ3) is 1.37. The number of carbonyl (C=O) groups is 1. The summed E-state index contributed by atoms with van der Waals surface area (Å²) in [7, 11) is 0. The van der Waals surface area contributed by atoms with E-state index in [1.165, 1.54) is 6.33 Å². The predicted octanol–water partition coefficient (Wildman–Crippen LogP) is 1.19. The highest BCUT2D eigenvalue weighted by atomic mass is 16.1. The largest absolute Gasteiger partial charge is 0.342 e. The summed E-state index contributed by atoms with van der Waals surface area (Å²) in [5, 5.41) is 0. The van der Waals surface area contributed by atoms with Crippen LogP contribution in [0.2, 0.25) is 0 Å². The first-order valence-corrected chi connectivity index (χ1v) is 4.39. The van der Waals surface area contributed by atoms with Gasteiger partial charge in [0.1, 0.15) is 5.52 Å². The van der Waals surface area contributed by atoms with E-state index in [9.17, 15) is 4.79 Å². The van der Waals surface area contributed by atoms with Crippen LogP contribution in [-0.2, 0) is 0 Å². The SMILES string of the molecule is CC(C)C(=O)c1ncc2[nH]cnc2n1. The van der Waals surface area contributed by atoms with Gasteiger partial charge in [-0.15, -0.1) is 0 Å². The van der Waals surface area contributed by atoms with Crippen molar-refractivity contribution < 1.29 is 4.79 Å². The Balaban J connectivity index is 2.48. The lowest BCUT2D eigenvalue weighted by atomic mass is 10.1. The molecule has 2 heterocycles. The zero-order valence-corrected chi connectivity index (χ0v) is 7.98. The van der Waals surface area contributed by atoms with Crippen LogP contribution >= 0.6 is 0 Å². The summed E-state index contributed by atoms with van der Waals surface area (Å²) >= 11 is 0. The fourth-order valence-corrected chi connectivity index (χ4v) is 1.11. The highest BCUT2D eigenvalue weighted by Crippen LogP contribution is 2.07. The number of H-pyrrole nitrogens is 1. The molecule has 0 fully saturated rings. The van der Waals surface area contributed by atoms with Gasteiger partial charge in [0.15, 0.2) is 11.5 Å². The van der Waals surface area contributed by atoms with Gasteiger partial charge in [-0.1, -0.05) is 13.8 Å². The molecule has 5 nitrogen and oxygen atoms in total. The van der Waals surface area contributed by atoms with Gasteiger partial charge in [0.25, 0.3) is 0 Å². The van der Waals surface area contributed by atoms with Crippen molar-refractivity contribution in [2.45, 2.75) is 13.8 Å². The average molecular weight is 190 g/mol. The van der Waals surface area contributed by atoms with Crippen LogP contribution < -0.4 is 0 Å². The summed E-state index contributed by atoms with van der Waals surface area (Å²) in [5.41, 5.74) is 1.27. The van der Waals surface area contributed by atoms with Crippen molar-refractivity contribution >= 4 is 16.9 Å². The molecule has 0 aromatic carbocycles. The zero-order chi connectivity index (χ0) is 10.1. The van der Waals surface area contributed by atoms with E-state index in [0.29, 0.717) is 5.65 Å². The quantitative estimate of drug-likeness (QED) is 0.722. The van der Waals surface area contributed by atoms with Crippen LogP contribution in [0.3, 0.4) is 0 Å². The number of imidazole rings is 1. The Morgan fingerprint density at radius 1 is 1.43 bits per heavy atom. The van der Waals surface area contributed by atoms with Gasteiger partial charge in [-0.2, -0.15) is 0 Å². The predicted molar refractivity (Wildman–Crippen MR) is 50.9 cm³/mol. The molecule has 5 heteroatoms. The molecule has 0 radical (unpaired) electrons. The number of nitrogens with one attached hydrogen (secondary N) is 1. The Kier molecular flexibility index (Phi) is 1.99. The van der Waals surface area contributed by atoms with Gasteiger partial charge < -0.3 is 4.98 Å². The molecule has 2 aromatic rings. The van der Waals surface area contributed by atoms with Gasteiger partial charge in [-0.25, -0.2) is 15.0 Å². The highest BCUT2D eigenvalue weighted by molar-refractivity contribution is 5.94. The van der Waals surface area contributed by atoms with Crippen molar-refractivity contribution in [3.63, 3.8) is 0 Å². The second-order valence-corrected chi connectivity index (χ2v) is 3.35. The van der Waals surface area contributed by atoms with E-state index < -0.39 is 0 Å². The number of hydrogen-bond donors (Lipinski definition) is 1. The van der Waals surface area contributed by atoms with Crippen LogP contribution in [0.5, 0.6) is 0 Å². The van der Waals surface area contributed by atoms with E-state index in [4.69, 9.17) is 0 Å². The minimum Gasteiger partial charge on any atom is -0.342 e. The van der Waals surface area contributed by atoms with E-state index >= 15 is 0 Å². The van der Waals surface area contributed by atoms with Crippen molar-refractivity contribution in [3.05, 3.63) is 18.3 Å². The normalized spacial score (nSPS) is 11.1. The number of Topliss-reactive ketones (excluding diaryl/α,β-unsaturated/α-hetero) is 1. The summed E-state index contributed by atoms with van der Waals surface area (Å²) in [6.45, 7) is 3.64. The minimum atomic E-state index is -0.0913. The summed E-state index contributed by atoms with van der Waals surface area (Å²) in [6, 6.07) is 0. The molecule has 0 spiro atoms. The fourth-order valence-electron chi connectivity index (χ4n) is 1.11. The summed E-state index contributed by atoms with van der Waals surface area (Å²) in [6.07, 6.45) is 3.11. The van der Waals surface area contributed by atoms with Crippen LogP contribution in [-0.4, -0.2) is 25.7 Å². The van der Waals surface area contributed by atoms with Crippen LogP contribution in [0.15, 0.2) is 12.5 Å². The maximum atomic E-state index is 11.5. The molecule has 0 aliphatic rings. The summed E-state index contributed by atoms with van der Waals surface area (Å²) in [4.78, 5) is 26.4. The number of aromatic amines is 1. The highest BCUT2D eigenvalue weighted by Gasteiger charge is 2.14. The standard InChI is InChI=1S/C9H10N4O/c1-5(2)7(14)9-10-3-6-8(13-9)12-4-11-6/h3-5H,1-2H3,(H,10,11,12,13). The molecule has 0 amide bonds. The van der Waals surface area contributed by atoms with Crippen LogP contribution in [0.25, 0.3) is 11.2 Å². The number of fused-ring (bicyclic) bond motifs is 1. The number of carbonyl (C=O) groups excluding carboxylic acids is 1. The fraction of sp³-hybridized carbons (Fsp3) is 0.333. The van der Waals surface area contributed by atoms with Gasteiger partial charge in [-0.05, 0) is 0 Å². The van der Waals surface area contributed by atoms with Crippen LogP contribution in [0, 0.1) is 5.92 Å². The average Bonchev–Trinajstić information content (AvgIpc) is 2.62. The maximum Gasteiger partial charge on any atom is 0.202 e. The molecule has 0 bridgehead atoms. The number of nitrogens with zero attached hydrogens (tertiary/aromatic N) is 3. The molecule has 1 N–H and O–H groups in total. The number of rotatable bonds is 2. The van der Waals surface area contributed by atoms with Gasteiger partial charge >= 0.3 is 0 Å². The smallest absolute Gasteiger partial charge is 0.202 e. The van der Waals surface area contributed by atoms with Gasteiger partial charge in [0, 0.05) is 5.92 Å². The Morgan fingerprint density at radius 2 is 2.21 bits per heavy atom. The van der Waals surface area contributed by atoms with Crippen LogP contribution in [0.1, 0.15) is 24.5 Å². The second-order valence-electron chi connectivity index (χ2n) is 3.35. The lowest BCUT2D eigenvalue weighted by Gasteiger charge is -2.00. The summed E-state index contributed by atoms with van der Waals surface area (Å²) in [5.74, 6) is 0.0842. The third-order valence-corrected chi connectivity index (χ3v) is 1.92. The van der Waals surface area contributed by atoms with E-state index in [-0.39, 0.29) is 17.5 Å². The maximum absolute atomic E-state index is 11.5. The molecule has 2 aromatic heterocycles. The van der Waals surface area contributed by atoms with Crippen molar-refractivity contribution in [3.8, 4) is 0 Å². The van der Waals surface area contributed by atoms with Crippen LogP contribution in [0.4, 0.5) is 0 Å². The van der Waals surface area contributed by atoms with E-state index in [1.54, 1.807) is 6.20 Å². The van der Waals surface area contributed by atoms with E-state index in [0.717, 1.165) is 5.52 Å². The first-order chi connectivity index (χ1) is 6.68. The molecular formula is C9H10N4O. The molecule has 0 unspecified atom stereocenters. The van der Waals surface area contributed by atoms with Crippen molar-refractivity contribution in [1.29, 1.82) is 0 Å². The van der Waals surface area contributed by atoms with Crippen molar-refractivity contribution in [1.82, 2.24) is 19.9 Å². The Bertz CT molecular complexity index is 474. The third-order valence-electron chi connectivity index (χ3n) is 1.92. The van der Waals surface area contributed by atoms with Gasteiger partial charge in [0.05, 0.1) is 12.5 Å². The molecule has 0 aliphatic heterocycles. The monoisotopic (exact) mass is 190 g/mol. The molecule has 0 saturated heterocycles. The molecular weight excluding hydrogens is 180 g/mol. The Labute approximate surface area is 80.6 Å². The topological polar surface area (TPSA) is 71.5 Å². The number of aromatic nitrogens is 4. The first kappa shape index (κ1) is 8.80. The van der Waals surface area contributed by atoms with E-state index in [1.807, 2.05) is 13.8 Å². The Hall–Kier alpha value is -1.78. The minimum absolute atomic E-state index is 0.0603. The molecule has 0 atom stereocenters. The van der Waals surface area contributed by atoms with Crippen molar-refractivity contribution in [2.24, 2.45) is 5.92 Å². The van der Waals surface area contributed by atoms with Gasteiger partial charge in [-0.3, -0.25) is 4.79 Å². The Morgan fingerprint density at radius 3 is 2.93 bits per heavy atom. The molecule has 14 heavy (non-hydrogen) atoms. The second kappa shape index (κ2) is 3.17. The summed E-state index contributed by atoms with van der Waals surface area (Å²) < 4.78 is 0. The van der Waals surface area contributed by atoms with Crippen molar-refractivity contribution in [2.75, 3.05) is 0 Å². The molecule has 0 saturated carbocycles. The molecule has 72 valence electrons. The van der Waals surface area contributed by atoms with E-state index in [2.05, 4.69) is 19.9 Å². The van der Waals surface area contributed by atoms with Gasteiger partial charge in [0.2, 0.25) is 5.78 Å². The number of hydrogen-bond acceptors (Lipinski definition) is 4. The first-order valence-electron chi connectivity index (χ1n) is 4.39.